The van der Waals surface area contributed by atoms with Crippen LogP contribution in [0, 0.1) is 0 Å². The number of aromatic amines is 1. The number of benzene rings is 1. The van der Waals surface area contributed by atoms with E-state index in [0.717, 1.165) is 18.7 Å². The molecule has 1 atom stereocenters. The van der Waals surface area contributed by atoms with Gasteiger partial charge in [-0.25, -0.2) is 0 Å². The molecule has 0 spiro atoms. The van der Waals surface area contributed by atoms with Gasteiger partial charge < -0.3 is 9.72 Å². The number of nitrogens with zero attached hydrogens (tertiary/aromatic N) is 1. The van der Waals surface area contributed by atoms with E-state index in [1.54, 1.807) is 7.11 Å². The van der Waals surface area contributed by atoms with Crippen LogP contribution >= 0.6 is 0 Å². The number of hydrogen-bond acceptors (Lipinski definition) is 2. The Kier molecular flexibility index (Phi) is 2.37. The molecule has 0 radical (unpaired) electrons. The zero-order valence-corrected chi connectivity index (χ0v) is 10.6. The predicted octanol–water partition coefficient (Wildman–Crippen LogP) is 2.73. The van der Waals surface area contributed by atoms with Crippen LogP contribution in [0.25, 0.3) is 10.9 Å². The summed E-state index contributed by atoms with van der Waals surface area (Å²) in [5.41, 5.74) is 4.03. The molecule has 1 aromatic carbocycles. The van der Waals surface area contributed by atoms with E-state index in [4.69, 9.17) is 4.74 Å². The number of fused-ring (bicyclic) bond motifs is 3. The van der Waals surface area contributed by atoms with E-state index in [1.807, 2.05) is 6.07 Å². The Labute approximate surface area is 101 Å². The van der Waals surface area contributed by atoms with Crippen molar-refractivity contribution in [3.8, 4) is 5.75 Å². The highest BCUT2D eigenvalue weighted by molar-refractivity contribution is 5.86. The lowest BCUT2D eigenvalue weighted by atomic mass is 9.99. The van der Waals surface area contributed by atoms with Gasteiger partial charge in [0.05, 0.1) is 7.11 Å². The number of aromatic nitrogens is 1. The monoisotopic (exact) mass is 230 g/mol. The Morgan fingerprint density at radius 1 is 1.41 bits per heavy atom. The van der Waals surface area contributed by atoms with Gasteiger partial charge in [0.2, 0.25) is 0 Å². The number of ether oxygens (including phenoxy) is 1. The van der Waals surface area contributed by atoms with E-state index in [0.29, 0.717) is 6.04 Å². The molecule has 3 heteroatoms. The number of methoxy groups -OCH3 is 1. The Morgan fingerprint density at radius 3 is 3.00 bits per heavy atom. The number of rotatable bonds is 1. The van der Waals surface area contributed by atoms with Gasteiger partial charge in [-0.1, -0.05) is 0 Å². The molecule has 1 aromatic heterocycles. The van der Waals surface area contributed by atoms with Crippen LogP contribution in [-0.2, 0) is 6.42 Å². The molecule has 0 bridgehead atoms. The Bertz CT molecular complexity index is 559. The van der Waals surface area contributed by atoms with Crippen molar-refractivity contribution in [1.82, 2.24) is 9.88 Å². The molecular formula is C14H18N2O. The molecule has 0 fully saturated rings. The van der Waals surface area contributed by atoms with E-state index < -0.39 is 0 Å². The first-order chi connectivity index (χ1) is 8.20. The van der Waals surface area contributed by atoms with Crippen LogP contribution < -0.4 is 4.74 Å². The maximum Gasteiger partial charge on any atom is 0.120 e. The predicted molar refractivity (Wildman–Crippen MR) is 69.6 cm³/mol. The minimum Gasteiger partial charge on any atom is -0.497 e. The van der Waals surface area contributed by atoms with Crippen LogP contribution in [-0.4, -0.2) is 30.6 Å². The van der Waals surface area contributed by atoms with E-state index in [-0.39, 0.29) is 0 Å². The van der Waals surface area contributed by atoms with E-state index >= 15 is 0 Å². The molecule has 3 rings (SSSR count). The second kappa shape index (κ2) is 3.77. The van der Waals surface area contributed by atoms with Gasteiger partial charge in [-0.3, -0.25) is 4.90 Å². The standard InChI is InChI=1S/C14H18N2O/c1-9-14-12(6-7-16(9)2)11-5-4-10(17-3)8-13(11)15-14/h4-5,8-9,15H,6-7H2,1-3H3/t9-/m1/s1. The van der Waals surface area contributed by atoms with Crippen molar-refractivity contribution >= 4 is 10.9 Å². The van der Waals surface area contributed by atoms with Crippen LogP contribution in [0.15, 0.2) is 18.2 Å². The van der Waals surface area contributed by atoms with Gasteiger partial charge in [0.15, 0.2) is 0 Å². The number of likely N-dealkylation sites (N-methyl/N-ethyl adjacent to an activating group) is 1. The van der Waals surface area contributed by atoms with Gasteiger partial charge in [-0.2, -0.15) is 0 Å². The Hall–Kier alpha value is -1.48. The fourth-order valence-electron chi connectivity index (χ4n) is 2.71. The second-order valence-electron chi connectivity index (χ2n) is 4.84. The van der Waals surface area contributed by atoms with Crippen LogP contribution in [0.5, 0.6) is 5.75 Å². The highest BCUT2D eigenvalue weighted by Gasteiger charge is 2.24. The van der Waals surface area contributed by atoms with Crippen LogP contribution in [0.4, 0.5) is 0 Å². The van der Waals surface area contributed by atoms with Crippen molar-refractivity contribution in [3.05, 3.63) is 29.5 Å². The Balaban J connectivity index is 2.20. The van der Waals surface area contributed by atoms with Crippen molar-refractivity contribution in [2.45, 2.75) is 19.4 Å². The SMILES string of the molecule is COc1ccc2c3c([nH]c2c1)[C@@H](C)N(C)CC3. The summed E-state index contributed by atoms with van der Waals surface area (Å²) in [4.78, 5) is 5.93. The van der Waals surface area contributed by atoms with Gasteiger partial charge in [0.25, 0.3) is 0 Å². The van der Waals surface area contributed by atoms with Crippen LogP contribution in [0.3, 0.4) is 0 Å². The zero-order valence-electron chi connectivity index (χ0n) is 10.6. The molecule has 0 saturated heterocycles. The number of hydrogen-bond donors (Lipinski definition) is 1. The zero-order chi connectivity index (χ0) is 12.0. The topological polar surface area (TPSA) is 28.3 Å². The van der Waals surface area contributed by atoms with Gasteiger partial charge >= 0.3 is 0 Å². The van der Waals surface area contributed by atoms with Gasteiger partial charge in [0, 0.05) is 35.2 Å². The second-order valence-corrected chi connectivity index (χ2v) is 4.84. The average molecular weight is 230 g/mol. The molecule has 1 aliphatic rings. The third kappa shape index (κ3) is 1.53. The van der Waals surface area contributed by atoms with Crippen molar-refractivity contribution < 1.29 is 4.74 Å². The first-order valence-electron chi connectivity index (χ1n) is 6.09. The van der Waals surface area contributed by atoms with E-state index in [9.17, 15) is 0 Å². The minimum absolute atomic E-state index is 0.470. The summed E-state index contributed by atoms with van der Waals surface area (Å²) in [5, 5.41) is 1.35. The molecule has 0 amide bonds. The summed E-state index contributed by atoms with van der Waals surface area (Å²) in [5.74, 6) is 0.914. The third-order valence-electron chi connectivity index (χ3n) is 3.94. The van der Waals surface area contributed by atoms with Crippen molar-refractivity contribution in [2.75, 3.05) is 20.7 Å². The average Bonchev–Trinajstić information content (AvgIpc) is 2.72. The molecular weight excluding hydrogens is 212 g/mol. The van der Waals surface area contributed by atoms with Crippen LogP contribution in [0.2, 0.25) is 0 Å². The fraction of sp³-hybridized carbons (Fsp3) is 0.429. The quantitative estimate of drug-likeness (QED) is 0.816. The minimum atomic E-state index is 0.470. The lowest BCUT2D eigenvalue weighted by Crippen LogP contribution is -2.30. The number of nitrogens with one attached hydrogen (secondary N) is 1. The molecule has 0 aliphatic carbocycles. The van der Waals surface area contributed by atoms with Crippen molar-refractivity contribution in [3.63, 3.8) is 0 Å². The largest absolute Gasteiger partial charge is 0.497 e. The van der Waals surface area contributed by atoms with E-state index in [2.05, 4.69) is 36.0 Å². The first kappa shape index (κ1) is 10.7. The summed E-state index contributed by atoms with van der Waals surface area (Å²) < 4.78 is 5.27. The molecule has 0 unspecified atom stereocenters. The first-order valence-corrected chi connectivity index (χ1v) is 6.09. The summed E-state index contributed by atoms with van der Waals surface area (Å²) in [6, 6.07) is 6.76. The van der Waals surface area contributed by atoms with Crippen molar-refractivity contribution in [1.29, 1.82) is 0 Å². The fourth-order valence-corrected chi connectivity index (χ4v) is 2.71. The third-order valence-corrected chi connectivity index (χ3v) is 3.94. The highest BCUT2D eigenvalue weighted by atomic mass is 16.5. The van der Waals surface area contributed by atoms with Crippen LogP contribution in [0.1, 0.15) is 24.2 Å². The Morgan fingerprint density at radius 2 is 2.24 bits per heavy atom. The smallest absolute Gasteiger partial charge is 0.120 e. The van der Waals surface area contributed by atoms with Gasteiger partial charge in [0.1, 0.15) is 5.75 Å². The maximum absolute atomic E-state index is 5.27. The maximum atomic E-state index is 5.27. The molecule has 2 aromatic rings. The summed E-state index contributed by atoms with van der Waals surface area (Å²) >= 11 is 0. The van der Waals surface area contributed by atoms with Gasteiger partial charge in [-0.15, -0.1) is 0 Å². The lowest BCUT2D eigenvalue weighted by Gasteiger charge is -2.29. The lowest BCUT2D eigenvalue weighted by molar-refractivity contribution is 0.244. The molecule has 1 aliphatic heterocycles. The van der Waals surface area contributed by atoms with Gasteiger partial charge in [-0.05, 0) is 38.1 Å². The molecule has 90 valence electrons. The highest BCUT2D eigenvalue weighted by Crippen LogP contribution is 2.34. The molecule has 0 saturated carbocycles. The number of H-pyrrole nitrogens is 1. The molecule has 3 nitrogen and oxygen atoms in total. The summed E-state index contributed by atoms with van der Waals surface area (Å²) in [6.45, 7) is 3.39. The molecule has 2 heterocycles. The summed E-state index contributed by atoms with van der Waals surface area (Å²) in [6.07, 6.45) is 1.13. The normalized spacial score (nSPS) is 20.5. The van der Waals surface area contributed by atoms with E-state index in [1.165, 1.54) is 22.2 Å². The van der Waals surface area contributed by atoms with Crippen molar-refractivity contribution in [2.24, 2.45) is 0 Å². The molecule has 1 N–H and O–H groups in total. The molecule has 17 heavy (non-hydrogen) atoms. The summed E-state index contributed by atoms with van der Waals surface area (Å²) in [7, 11) is 3.89.